The summed E-state index contributed by atoms with van der Waals surface area (Å²) in [5.74, 6) is 0.801. The number of ether oxygens (including phenoxy) is 1. The summed E-state index contributed by atoms with van der Waals surface area (Å²) in [6.07, 6.45) is 5.53. The Kier molecular flexibility index (Phi) is 8.70. The van der Waals surface area contributed by atoms with Crippen LogP contribution in [0.4, 0.5) is 5.69 Å². The Labute approximate surface area is 184 Å². The Morgan fingerprint density at radius 1 is 0.839 bits per heavy atom. The molecule has 3 aromatic carbocycles. The molecule has 0 saturated carbocycles. The Balaban J connectivity index is 1.31. The molecule has 0 saturated heterocycles. The zero-order chi connectivity index (χ0) is 21.7. The predicted octanol–water partition coefficient (Wildman–Crippen LogP) is 5.92. The maximum absolute atomic E-state index is 12.2. The molecule has 1 N–H and O–H groups in total. The largest absolute Gasteiger partial charge is 0.494 e. The highest BCUT2D eigenvalue weighted by Crippen LogP contribution is 2.15. The van der Waals surface area contributed by atoms with E-state index < -0.39 is 0 Å². The number of nitriles is 1. The number of anilines is 1. The molecule has 4 heteroatoms. The number of unbranched alkanes of at least 4 members (excludes halogenated alkanes) is 2. The lowest BCUT2D eigenvalue weighted by molar-refractivity contribution is -0.116. The van der Waals surface area contributed by atoms with Crippen LogP contribution in [-0.4, -0.2) is 12.5 Å². The number of carbonyl (C=O) groups excluding carboxylic acids is 1. The average Bonchev–Trinajstić information content (AvgIpc) is 2.81. The van der Waals surface area contributed by atoms with E-state index in [-0.39, 0.29) is 5.91 Å². The predicted molar refractivity (Wildman–Crippen MR) is 124 cm³/mol. The van der Waals surface area contributed by atoms with E-state index in [0.717, 1.165) is 37.2 Å². The van der Waals surface area contributed by atoms with Gasteiger partial charge in [0.05, 0.1) is 18.2 Å². The Hall–Kier alpha value is -3.58. The number of hydrogen-bond acceptors (Lipinski definition) is 3. The molecule has 0 bridgehead atoms. The van der Waals surface area contributed by atoms with Gasteiger partial charge in [-0.1, -0.05) is 48.5 Å². The van der Waals surface area contributed by atoms with Crippen molar-refractivity contribution in [3.8, 4) is 11.8 Å². The number of carbonyl (C=O) groups is 1. The van der Waals surface area contributed by atoms with Gasteiger partial charge in [0.1, 0.15) is 5.75 Å². The highest BCUT2D eigenvalue weighted by molar-refractivity contribution is 5.91. The first-order valence-electron chi connectivity index (χ1n) is 10.8. The summed E-state index contributed by atoms with van der Waals surface area (Å²) in [5.41, 5.74) is 3.67. The van der Waals surface area contributed by atoms with Crippen molar-refractivity contribution in [1.82, 2.24) is 0 Å². The van der Waals surface area contributed by atoms with E-state index >= 15 is 0 Å². The fraction of sp³-hybridized carbons (Fsp3) is 0.259. The molecule has 0 fully saturated rings. The van der Waals surface area contributed by atoms with Crippen LogP contribution in [-0.2, 0) is 17.6 Å². The van der Waals surface area contributed by atoms with Crippen LogP contribution in [0.5, 0.6) is 5.75 Å². The van der Waals surface area contributed by atoms with Gasteiger partial charge < -0.3 is 10.1 Å². The second-order valence-electron chi connectivity index (χ2n) is 7.53. The van der Waals surface area contributed by atoms with E-state index in [0.29, 0.717) is 24.1 Å². The first kappa shape index (κ1) is 22.1. The summed E-state index contributed by atoms with van der Waals surface area (Å²) in [5, 5.41) is 11.8. The van der Waals surface area contributed by atoms with Crippen molar-refractivity contribution in [3.05, 3.63) is 95.6 Å². The van der Waals surface area contributed by atoms with E-state index in [1.165, 1.54) is 12.0 Å². The van der Waals surface area contributed by atoms with E-state index in [1.807, 2.05) is 30.3 Å². The molecule has 158 valence electrons. The number of amides is 1. The molecule has 0 heterocycles. The molecule has 3 rings (SSSR count). The second kappa shape index (κ2) is 12.2. The van der Waals surface area contributed by atoms with Crippen molar-refractivity contribution >= 4 is 11.6 Å². The van der Waals surface area contributed by atoms with Gasteiger partial charge in [0.2, 0.25) is 5.91 Å². The van der Waals surface area contributed by atoms with Gasteiger partial charge in [-0.25, -0.2) is 0 Å². The van der Waals surface area contributed by atoms with Gasteiger partial charge >= 0.3 is 0 Å². The van der Waals surface area contributed by atoms with E-state index in [2.05, 4.69) is 35.7 Å². The topological polar surface area (TPSA) is 62.1 Å². The average molecular weight is 413 g/mol. The fourth-order valence-corrected chi connectivity index (χ4v) is 3.34. The molecule has 0 aliphatic rings. The van der Waals surface area contributed by atoms with Gasteiger partial charge in [-0.3, -0.25) is 4.79 Å². The molecule has 0 spiro atoms. The van der Waals surface area contributed by atoms with Crippen molar-refractivity contribution < 1.29 is 9.53 Å². The Bertz CT molecular complexity index is 992. The van der Waals surface area contributed by atoms with Crippen molar-refractivity contribution in [2.45, 2.75) is 38.5 Å². The molecule has 0 atom stereocenters. The first-order valence-corrected chi connectivity index (χ1v) is 10.8. The number of aryl methyl sites for hydroxylation is 2. The molecule has 0 unspecified atom stereocenters. The third-order valence-electron chi connectivity index (χ3n) is 5.06. The van der Waals surface area contributed by atoms with Crippen molar-refractivity contribution in [3.63, 3.8) is 0 Å². The SMILES string of the molecule is N#Cc1cccc(NC(=O)CCc2ccc(OCCCCCc3ccccc3)cc2)c1. The standard InChI is InChI=1S/C27H28N2O2/c28-21-24-11-7-12-25(20-24)29-27(30)18-15-23-13-16-26(17-14-23)31-19-6-2-5-10-22-8-3-1-4-9-22/h1,3-4,7-9,11-14,16-17,20H,2,5-6,10,15,18-19H2,(H,29,30). The molecule has 3 aromatic rings. The van der Waals surface area contributed by atoms with Crippen LogP contribution >= 0.6 is 0 Å². The van der Waals surface area contributed by atoms with Crippen LogP contribution in [0.3, 0.4) is 0 Å². The van der Waals surface area contributed by atoms with E-state index in [4.69, 9.17) is 10.00 Å². The summed E-state index contributed by atoms with van der Waals surface area (Å²) in [6.45, 7) is 0.721. The maximum Gasteiger partial charge on any atom is 0.224 e. The molecule has 0 radical (unpaired) electrons. The zero-order valence-corrected chi connectivity index (χ0v) is 17.7. The summed E-state index contributed by atoms with van der Waals surface area (Å²) < 4.78 is 5.83. The summed E-state index contributed by atoms with van der Waals surface area (Å²) in [6, 6.07) is 27.5. The fourth-order valence-electron chi connectivity index (χ4n) is 3.34. The molecule has 1 amide bonds. The van der Waals surface area contributed by atoms with Gasteiger partial charge in [0.25, 0.3) is 0 Å². The summed E-state index contributed by atoms with van der Waals surface area (Å²) >= 11 is 0. The highest BCUT2D eigenvalue weighted by Gasteiger charge is 2.05. The third kappa shape index (κ3) is 7.98. The number of nitrogens with one attached hydrogen (secondary N) is 1. The van der Waals surface area contributed by atoms with Crippen molar-refractivity contribution in [2.24, 2.45) is 0 Å². The quantitative estimate of drug-likeness (QED) is 0.398. The molecular weight excluding hydrogens is 384 g/mol. The molecule has 4 nitrogen and oxygen atoms in total. The van der Waals surface area contributed by atoms with Gasteiger partial charge in [0.15, 0.2) is 0 Å². The van der Waals surface area contributed by atoms with Crippen LogP contribution in [0.15, 0.2) is 78.9 Å². The van der Waals surface area contributed by atoms with Crippen LogP contribution in [0.1, 0.15) is 42.4 Å². The van der Waals surface area contributed by atoms with E-state index in [1.54, 1.807) is 24.3 Å². The molecule has 31 heavy (non-hydrogen) atoms. The second-order valence-corrected chi connectivity index (χ2v) is 7.53. The van der Waals surface area contributed by atoms with Crippen LogP contribution < -0.4 is 10.1 Å². The van der Waals surface area contributed by atoms with Gasteiger partial charge in [-0.2, -0.15) is 5.26 Å². The van der Waals surface area contributed by atoms with Gasteiger partial charge in [-0.15, -0.1) is 0 Å². The lowest BCUT2D eigenvalue weighted by Crippen LogP contribution is -2.12. The minimum absolute atomic E-state index is 0.0640. The molecule has 0 aliphatic carbocycles. The van der Waals surface area contributed by atoms with Gasteiger partial charge in [-0.05, 0) is 73.6 Å². The smallest absolute Gasteiger partial charge is 0.224 e. The minimum Gasteiger partial charge on any atom is -0.494 e. The van der Waals surface area contributed by atoms with E-state index in [9.17, 15) is 4.79 Å². The first-order chi connectivity index (χ1) is 15.2. The monoisotopic (exact) mass is 412 g/mol. The van der Waals surface area contributed by atoms with Crippen molar-refractivity contribution in [1.29, 1.82) is 5.26 Å². The molecule has 0 aliphatic heterocycles. The van der Waals surface area contributed by atoms with Crippen LogP contribution in [0, 0.1) is 11.3 Å². The Morgan fingerprint density at radius 2 is 1.61 bits per heavy atom. The number of hydrogen-bond donors (Lipinski definition) is 1. The third-order valence-corrected chi connectivity index (χ3v) is 5.06. The zero-order valence-electron chi connectivity index (χ0n) is 17.7. The minimum atomic E-state index is -0.0640. The summed E-state index contributed by atoms with van der Waals surface area (Å²) in [7, 11) is 0. The molecule has 0 aromatic heterocycles. The van der Waals surface area contributed by atoms with Gasteiger partial charge in [0, 0.05) is 12.1 Å². The number of nitrogens with zero attached hydrogens (tertiary/aromatic N) is 1. The summed E-state index contributed by atoms with van der Waals surface area (Å²) in [4.78, 5) is 12.2. The Morgan fingerprint density at radius 3 is 2.39 bits per heavy atom. The lowest BCUT2D eigenvalue weighted by atomic mass is 10.1. The maximum atomic E-state index is 12.2. The van der Waals surface area contributed by atoms with Crippen LogP contribution in [0.25, 0.3) is 0 Å². The number of benzene rings is 3. The lowest BCUT2D eigenvalue weighted by Gasteiger charge is -2.08. The van der Waals surface area contributed by atoms with Crippen molar-refractivity contribution in [2.75, 3.05) is 11.9 Å². The normalized spacial score (nSPS) is 10.3. The van der Waals surface area contributed by atoms with Crippen LogP contribution in [0.2, 0.25) is 0 Å². The molecular formula is C27H28N2O2. The highest BCUT2D eigenvalue weighted by atomic mass is 16.5. The number of rotatable bonds is 11.